The van der Waals surface area contributed by atoms with Crippen LogP contribution in [0.5, 0.6) is 0 Å². The van der Waals surface area contributed by atoms with Crippen molar-refractivity contribution >= 4 is 13.8 Å². The molecule has 0 aromatic carbocycles. The second kappa shape index (κ2) is 5.29. The Morgan fingerprint density at radius 2 is 2.15 bits per heavy atom. The third-order valence-electron chi connectivity index (χ3n) is 0.933. The normalized spacial score (nSPS) is 13.8. The van der Waals surface area contributed by atoms with E-state index in [0.29, 0.717) is 0 Å². The molecule has 0 rings (SSSR count). The second-order valence-electron chi connectivity index (χ2n) is 2.17. The van der Waals surface area contributed by atoms with Crippen LogP contribution in [0.3, 0.4) is 0 Å². The molecular formula is C5H10FO6P. The number of halogens is 1. The fourth-order valence-corrected chi connectivity index (χ4v) is 0.885. The number of phosphoric acid groups is 1. The molecule has 0 aliphatic heterocycles. The van der Waals surface area contributed by atoms with Crippen molar-refractivity contribution in [3.8, 4) is 0 Å². The number of ether oxygens (including phenoxy) is 1. The maximum Gasteiger partial charge on any atom is 0.469 e. The molecule has 1 atom stereocenters. The first-order valence-corrected chi connectivity index (χ1v) is 4.81. The summed E-state index contributed by atoms with van der Waals surface area (Å²) in [5.74, 6) is -0.739. The molecular weight excluding hydrogens is 206 g/mol. The van der Waals surface area contributed by atoms with Crippen LogP contribution in [0.2, 0.25) is 0 Å². The van der Waals surface area contributed by atoms with Crippen molar-refractivity contribution in [1.29, 1.82) is 0 Å². The summed E-state index contributed by atoms with van der Waals surface area (Å²) >= 11 is 0. The van der Waals surface area contributed by atoms with E-state index < -0.39 is 33.2 Å². The van der Waals surface area contributed by atoms with Crippen molar-refractivity contribution in [2.45, 2.75) is 13.0 Å². The average molecular weight is 216 g/mol. The number of hydrogen-bond donors (Lipinski definition) is 2. The third-order valence-corrected chi connectivity index (χ3v) is 1.42. The van der Waals surface area contributed by atoms with Gasteiger partial charge in [0.1, 0.15) is 6.67 Å². The van der Waals surface area contributed by atoms with E-state index in [1.807, 2.05) is 0 Å². The van der Waals surface area contributed by atoms with Crippen LogP contribution < -0.4 is 0 Å². The number of hydrogen-bond acceptors (Lipinski definition) is 4. The monoisotopic (exact) mass is 216 g/mol. The lowest BCUT2D eigenvalue weighted by Gasteiger charge is -2.13. The smallest absolute Gasteiger partial charge is 0.457 e. The minimum atomic E-state index is -4.63. The molecule has 0 saturated heterocycles. The maximum absolute atomic E-state index is 12.0. The van der Waals surface area contributed by atoms with Crippen LogP contribution in [0.15, 0.2) is 0 Å². The van der Waals surface area contributed by atoms with Gasteiger partial charge in [0.05, 0.1) is 6.61 Å². The van der Waals surface area contributed by atoms with E-state index >= 15 is 0 Å². The number of esters is 1. The fraction of sp³-hybridized carbons (Fsp3) is 0.800. The molecule has 0 aromatic heterocycles. The van der Waals surface area contributed by atoms with Crippen LogP contribution in [0, 0.1) is 0 Å². The highest BCUT2D eigenvalue weighted by Crippen LogP contribution is 2.35. The van der Waals surface area contributed by atoms with E-state index in [4.69, 9.17) is 9.79 Å². The predicted octanol–water partition coefficient (Wildman–Crippen LogP) is -0.00310. The highest BCUT2D eigenvalue weighted by atomic mass is 31.2. The number of phosphoric ester groups is 1. The zero-order valence-corrected chi connectivity index (χ0v) is 7.74. The maximum atomic E-state index is 12.0. The molecule has 0 aromatic rings. The molecule has 8 heteroatoms. The molecule has 0 aliphatic rings. The molecule has 0 heterocycles. The SMILES string of the molecule is CC(=O)O[C@H](CF)COP(=O)(O)O. The predicted molar refractivity (Wildman–Crippen MR) is 39.5 cm³/mol. The fourth-order valence-electron chi connectivity index (χ4n) is 0.525. The number of carbonyl (C=O) groups excluding carboxylic acids is 1. The van der Waals surface area contributed by atoms with Gasteiger partial charge in [-0.15, -0.1) is 0 Å². The first kappa shape index (κ1) is 12.5. The van der Waals surface area contributed by atoms with Gasteiger partial charge < -0.3 is 14.5 Å². The van der Waals surface area contributed by atoms with E-state index in [1.165, 1.54) is 0 Å². The molecule has 0 unspecified atom stereocenters. The lowest BCUT2D eigenvalue weighted by Crippen LogP contribution is -2.23. The van der Waals surface area contributed by atoms with E-state index in [2.05, 4.69) is 9.26 Å². The van der Waals surface area contributed by atoms with Gasteiger partial charge in [0.2, 0.25) is 0 Å². The molecule has 0 spiro atoms. The van der Waals surface area contributed by atoms with Crippen LogP contribution in [0.25, 0.3) is 0 Å². The molecule has 0 aliphatic carbocycles. The Hall–Kier alpha value is -0.490. The van der Waals surface area contributed by atoms with E-state index in [1.54, 1.807) is 0 Å². The van der Waals surface area contributed by atoms with E-state index in [9.17, 15) is 13.8 Å². The van der Waals surface area contributed by atoms with Gasteiger partial charge in [-0.2, -0.15) is 0 Å². The molecule has 0 bridgehead atoms. The summed E-state index contributed by atoms with van der Waals surface area (Å²) < 4.78 is 30.4. The van der Waals surface area contributed by atoms with Crippen LogP contribution in [0.1, 0.15) is 6.92 Å². The molecule has 0 amide bonds. The van der Waals surface area contributed by atoms with Gasteiger partial charge in [0.25, 0.3) is 0 Å². The van der Waals surface area contributed by atoms with Crippen molar-refractivity contribution in [2.75, 3.05) is 13.3 Å². The number of carbonyl (C=O) groups is 1. The van der Waals surface area contributed by atoms with E-state index in [0.717, 1.165) is 6.92 Å². The average Bonchev–Trinajstić information content (AvgIpc) is 1.95. The Kier molecular flexibility index (Phi) is 5.09. The molecule has 13 heavy (non-hydrogen) atoms. The van der Waals surface area contributed by atoms with Crippen molar-refractivity contribution in [3.63, 3.8) is 0 Å². The first-order chi connectivity index (χ1) is 5.85. The Bertz CT molecular complexity index is 213. The third kappa shape index (κ3) is 7.86. The van der Waals surface area contributed by atoms with Gasteiger partial charge in [-0.1, -0.05) is 0 Å². The Morgan fingerprint density at radius 3 is 2.46 bits per heavy atom. The lowest BCUT2D eigenvalue weighted by molar-refractivity contribution is -0.149. The van der Waals surface area contributed by atoms with Crippen LogP contribution >= 0.6 is 7.82 Å². The molecule has 0 radical (unpaired) electrons. The van der Waals surface area contributed by atoms with Gasteiger partial charge >= 0.3 is 13.8 Å². The Labute approximate surface area is 73.9 Å². The number of alkyl halides is 1. The van der Waals surface area contributed by atoms with Gasteiger partial charge in [-0.05, 0) is 0 Å². The summed E-state index contributed by atoms with van der Waals surface area (Å²) in [6, 6.07) is 0. The van der Waals surface area contributed by atoms with Gasteiger partial charge in [-0.25, -0.2) is 8.96 Å². The zero-order valence-electron chi connectivity index (χ0n) is 6.84. The second-order valence-corrected chi connectivity index (χ2v) is 3.41. The molecule has 0 saturated carbocycles. The quantitative estimate of drug-likeness (QED) is 0.496. The summed E-state index contributed by atoms with van der Waals surface area (Å²) in [5, 5.41) is 0. The molecule has 6 nitrogen and oxygen atoms in total. The van der Waals surface area contributed by atoms with Gasteiger partial charge in [0, 0.05) is 6.92 Å². The van der Waals surface area contributed by atoms with Gasteiger partial charge in [0.15, 0.2) is 6.10 Å². The standard InChI is InChI=1S/C5H10FO6P/c1-4(7)12-5(2-6)3-11-13(8,9)10/h5H,2-3H2,1H3,(H2,8,9,10)/t5-/m1/s1. The van der Waals surface area contributed by atoms with Crippen molar-refractivity contribution < 1.29 is 32.8 Å². The van der Waals surface area contributed by atoms with Gasteiger partial charge in [-0.3, -0.25) is 9.32 Å². The molecule has 0 fully saturated rings. The summed E-state index contributed by atoms with van der Waals surface area (Å²) in [6.45, 7) is -0.667. The topological polar surface area (TPSA) is 93.1 Å². The lowest BCUT2D eigenvalue weighted by atomic mass is 10.4. The largest absolute Gasteiger partial charge is 0.469 e. The van der Waals surface area contributed by atoms with Crippen molar-refractivity contribution in [2.24, 2.45) is 0 Å². The minimum absolute atomic E-state index is 0.666. The number of rotatable bonds is 5. The summed E-state index contributed by atoms with van der Waals surface area (Å²) in [7, 11) is -4.63. The summed E-state index contributed by atoms with van der Waals surface area (Å²) in [4.78, 5) is 26.7. The summed E-state index contributed by atoms with van der Waals surface area (Å²) in [5.41, 5.74) is 0. The van der Waals surface area contributed by atoms with Crippen LogP contribution in [0.4, 0.5) is 4.39 Å². The Morgan fingerprint density at radius 1 is 1.62 bits per heavy atom. The van der Waals surface area contributed by atoms with Crippen molar-refractivity contribution in [3.05, 3.63) is 0 Å². The van der Waals surface area contributed by atoms with Crippen LogP contribution in [-0.2, 0) is 18.6 Å². The summed E-state index contributed by atoms with van der Waals surface area (Å²) in [6.07, 6.45) is -1.27. The van der Waals surface area contributed by atoms with Crippen molar-refractivity contribution in [1.82, 2.24) is 0 Å². The highest BCUT2D eigenvalue weighted by Gasteiger charge is 2.19. The Balaban J connectivity index is 3.86. The minimum Gasteiger partial charge on any atom is -0.457 e. The first-order valence-electron chi connectivity index (χ1n) is 3.28. The zero-order chi connectivity index (χ0) is 10.5. The highest BCUT2D eigenvalue weighted by molar-refractivity contribution is 7.46. The molecule has 2 N–H and O–H groups in total. The van der Waals surface area contributed by atoms with E-state index in [-0.39, 0.29) is 0 Å². The molecule has 78 valence electrons. The van der Waals surface area contributed by atoms with Crippen LogP contribution in [-0.4, -0.2) is 35.1 Å².